The first-order chi connectivity index (χ1) is 16.1. The quantitative estimate of drug-likeness (QED) is 0.627. The van der Waals surface area contributed by atoms with Gasteiger partial charge in [0, 0.05) is 30.3 Å². The number of carbonyl (C=O) groups is 2. The third-order valence-corrected chi connectivity index (χ3v) is 7.90. The standard InChI is InChI=1S/C29H36N2O2/c1-20-8-9-22(26(19-20)21-10-11-21)16-17-30-28(32)24-12-14-25(15-13-24)29(33)31-18-4-6-23-5-2-3-7-27(23)31/h8-9,12-15,19,21,23,27H,2-7,10-11,16-18H2,1H3,(H,30,32). The molecule has 2 atom stereocenters. The summed E-state index contributed by atoms with van der Waals surface area (Å²) in [7, 11) is 0. The van der Waals surface area contributed by atoms with E-state index in [-0.39, 0.29) is 11.8 Å². The van der Waals surface area contributed by atoms with E-state index in [1.807, 2.05) is 12.1 Å². The average Bonchev–Trinajstić information content (AvgIpc) is 3.69. The fourth-order valence-corrected chi connectivity index (χ4v) is 5.94. The second kappa shape index (κ2) is 9.70. The van der Waals surface area contributed by atoms with E-state index >= 15 is 0 Å². The molecule has 2 aromatic rings. The van der Waals surface area contributed by atoms with Crippen molar-refractivity contribution in [1.29, 1.82) is 0 Å². The van der Waals surface area contributed by atoms with Gasteiger partial charge in [0.25, 0.3) is 11.8 Å². The molecule has 0 aromatic heterocycles. The van der Waals surface area contributed by atoms with Gasteiger partial charge in [0.2, 0.25) is 0 Å². The Kier molecular flexibility index (Phi) is 6.52. The van der Waals surface area contributed by atoms with E-state index in [1.54, 1.807) is 12.1 Å². The summed E-state index contributed by atoms with van der Waals surface area (Å²) in [6, 6.07) is 14.3. The van der Waals surface area contributed by atoms with Gasteiger partial charge in [-0.3, -0.25) is 9.59 Å². The molecule has 2 unspecified atom stereocenters. The van der Waals surface area contributed by atoms with Crippen molar-refractivity contribution in [2.45, 2.75) is 76.7 Å². The molecule has 2 aromatic carbocycles. The monoisotopic (exact) mass is 444 g/mol. The highest BCUT2D eigenvalue weighted by atomic mass is 16.2. The number of benzene rings is 2. The van der Waals surface area contributed by atoms with Crippen molar-refractivity contribution in [3.63, 3.8) is 0 Å². The van der Waals surface area contributed by atoms with Gasteiger partial charge in [0.05, 0.1) is 0 Å². The zero-order chi connectivity index (χ0) is 22.8. The lowest BCUT2D eigenvalue weighted by molar-refractivity contribution is 0.0390. The number of carbonyl (C=O) groups excluding carboxylic acids is 2. The molecule has 2 saturated carbocycles. The van der Waals surface area contributed by atoms with E-state index < -0.39 is 0 Å². The molecule has 1 aliphatic heterocycles. The second-order valence-electron chi connectivity index (χ2n) is 10.3. The summed E-state index contributed by atoms with van der Waals surface area (Å²) in [5, 5.41) is 3.06. The molecule has 3 fully saturated rings. The minimum Gasteiger partial charge on any atom is -0.352 e. The number of hydrogen-bond donors (Lipinski definition) is 1. The van der Waals surface area contributed by atoms with Crippen molar-refractivity contribution in [2.24, 2.45) is 5.92 Å². The molecule has 33 heavy (non-hydrogen) atoms. The summed E-state index contributed by atoms with van der Waals surface area (Å²) < 4.78 is 0. The molecule has 2 amide bonds. The van der Waals surface area contributed by atoms with Gasteiger partial charge in [0.15, 0.2) is 0 Å². The van der Waals surface area contributed by atoms with Crippen molar-refractivity contribution < 1.29 is 9.59 Å². The molecule has 5 rings (SSSR count). The van der Waals surface area contributed by atoms with Crippen molar-refractivity contribution in [2.75, 3.05) is 13.1 Å². The molecule has 3 aliphatic rings. The number of piperidine rings is 1. The Labute approximate surface area is 197 Å². The first-order valence-corrected chi connectivity index (χ1v) is 12.9. The Morgan fingerprint density at radius 2 is 1.64 bits per heavy atom. The SMILES string of the molecule is Cc1ccc(CCNC(=O)c2ccc(C(=O)N3CCCC4CCCCC43)cc2)c(C2CC2)c1. The van der Waals surface area contributed by atoms with Crippen LogP contribution in [0.4, 0.5) is 0 Å². The Bertz CT molecular complexity index is 1010. The predicted octanol–water partition coefficient (Wildman–Crippen LogP) is 5.64. The highest BCUT2D eigenvalue weighted by Crippen LogP contribution is 2.42. The van der Waals surface area contributed by atoms with Gasteiger partial charge < -0.3 is 10.2 Å². The molecule has 1 N–H and O–H groups in total. The van der Waals surface area contributed by atoms with Crippen LogP contribution in [-0.2, 0) is 6.42 Å². The molecule has 1 heterocycles. The number of nitrogens with zero attached hydrogens (tertiary/aromatic N) is 1. The summed E-state index contributed by atoms with van der Waals surface area (Å²) >= 11 is 0. The first-order valence-electron chi connectivity index (χ1n) is 12.9. The molecule has 4 nitrogen and oxygen atoms in total. The highest BCUT2D eigenvalue weighted by molar-refractivity contribution is 5.98. The van der Waals surface area contributed by atoms with E-state index in [4.69, 9.17) is 0 Å². The zero-order valence-corrected chi connectivity index (χ0v) is 19.8. The molecule has 0 bridgehead atoms. The van der Waals surface area contributed by atoms with Crippen LogP contribution in [0.5, 0.6) is 0 Å². The Morgan fingerprint density at radius 1 is 0.909 bits per heavy atom. The zero-order valence-electron chi connectivity index (χ0n) is 19.8. The molecular formula is C29H36N2O2. The lowest BCUT2D eigenvalue weighted by Gasteiger charge is -2.44. The first kappa shape index (κ1) is 22.2. The Balaban J connectivity index is 1.17. The number of likely N-dealkylation sites (tertiary alicyclic amines) is 1. The average molecular weight is 445 g/mol. The minimum atomic E-state index is -0.0700. The Hall–Kier alpha value is -2.62. The number of nitrogens with one attached hydrogen (secondary N) is 1. The fourth-order valence-electron chi connectivity index (χ4n) is 5.94. The van der Waals surface area contributed by atoms with E-state index in [9.17, 15) is 9.59 Å². The third kappa shape index (κ3) is 5.00. The van der Waals surface area contributed by atoms with Crippen LogP contribution >= 0.6 is 0 Å². The van der Waals surface area contributed by atoms with Crippen molar-refractivity contribution >= 4 is 11.8 Å². The van der Waals surface area contributed by atoms with Crippen LogP contribution in [0.2, 0.25) is 0 Å². The maximum atomic E-state index is 13.2. The van der Waals surface area contributed by atoms with Crippen LogP contribution in [0.1, 0.15) is 94.7 Å². The van der Waals surface area contributed by atoms with Crippen molar-refractivity contribution in [1.82, 2.24) is 10.2 Å². The van der Waals surface area contributed by atoms with Gasteiger partial charge in [-0.05, 0) is 99.1 Å². The Morgan fingerprint density at radius 3 is 2.42 bits per heavy atom. The summed E-state index contributed by atoms with van der Waals surface area (Å²) in [5.41, 5.74) is 5.44. The normalized spacial score (nSPS) is 22.5. The molecule has 1 saturated heterocycles. The van der Waals surface area contributed by atoms with Gasteiger partial charge >= 0.3 is 0 Å². The summed E-state index contributed by atoms with van der Waals surface area (Å²) in [6.07, 6.45) is 10.7. The van der Waals surface area contributed by atoms with Crippen LogP contribution in [0.15, 0.2) is 42.5 Å². The van der Waals surface area contributed by atoms with Gasteiger partial charge in [-0.2, -0.15) is 0 Å². The van der Waals surface area contributed by atoms with Gasteiger partial charge in [-0.25, -0.2) is 0 Å². The lowest BCUT2D eigenvalue weighted by Crippen LogP contribution is -2.49. The number of aryl methyl sites for hydroxylation is 1. The van der Waals surface area contributed by atoms with Crippen molar-refractivity contribution in [3.05, 3.63) is 70.3 Å². The van der Waals surface area contributed by atoms with Crippen LogP contribution < -0.4 is 5.32 Å². The molecular weight excluding hydrogens is 408 g/mol. The largest absolute Gasteiger partial charge is 0.352 e. The number of rotatable bonds is 6. The fraction of sp³-hybridized carbons (Fsp3) is 0.517. The smallest absolute Gasteiger partial charge is 0.254 e. The maximum Gasteiger partial charge on any atom is 0.254 e. The van der Waals surface area contributed by atoms with Crippen LogP contribution in [0.3, 0.4) is 0 Å². The highest BCUT2D eigenvalue weighted by Gasteiger charge is 2.36. The number of fused-ring (bicyclic) bond motifs is 1. The van der Waals surface area contributed by atoms with Gasteiger partial charge in [-0.1, -0.05) is 36.6 Å². The lowest BCUT2D eigenvalue weighted by atomic mass is 9.78. The van der Waals surface area contributed by atoms with Gasteiger partial charge in [-0.15, -0.1) is 0 Å². The second-order valence-corrected chi connectivity index (χ2v) is 10.3. The van der Waals surface area contributed by atoms with E-state index in [0.29, 0.717) is 35.5 Å². The molecule has 174 valence electrons. The molecule has 0 spiro atoms. The van der Waals surface area contributed by atoms with Crippen LogP contribution in [0, 0.1) is 12.8 Å². The van der Waals surface area contributed by atoms with E-state index in [2.05, 4.69) is 35.3 Å². The minimum absolute atomic E-state index is 0.0700. The van der Waals surface area contributed by atoms with Crippen LogP contribution in [0.25, 0.3) is 0 Å². The van der Waals surface area contributed by atoms with E-state index in [0.717, 1.165) is 25.8 Å². The maximum absolute atomic E-state index is 13.2. The molecule has 2 aliphatic carbocycles. The summed E-state index contributed by atoms with van der Waals surface area (Å²) in [6.45, 7) is 3.63. The van der Waals surface area contributed by atoms with Crippen molar-refractivity contribution in [3.8, 4) is 0 Å². The number of hydrogen-bond acceptors (Lipinski definition) is 2. The summed E-state index contributed by atoms with van der Waals surface area (Å²) in [5.74, 6) is 1.45. The third-order valence-electron chi connectivity index (χ3n) is 7.90. The molecule has 4 heteroatoms. The van der Waals surface area contributed by atoms with E-state index in [1.165, 1.54) is 55.2 Å². The molecule has 0 radical (unpaired) electrons. The van der Waals surface area contributed by atoms with Gasteiger partial charge in [0.1, 0.15) is 0 Å². The summed E-state index contributed by atoms with van der Waals surface area (Å²) in [4.78, 5) is 28.0. The predicted molar refractivity (Wildman–Crippen MR) is 132 cm³/mol. The van der Waals surface area contributed by atoms with Crippen LogP contribution in [-0.4, -0.2) is 35.8 Å². The topological polar surface area (TPSA) is 49.4 Å². The number of amides is 2.